The maximum absolute atomic E-state index is 13.7. The Morgan fingerprint density at radius 3 is 2.42 bits per heavy atom. The quantitative estimate of drug-likeness (QED) is 0.673. The number of anilines is 1. The van der Waals surface area contributed by atoms with E-state index in [0.717, 1.165) is 12.0 Å². The normalized spacial score (nSPS) is 15.5. The van der Waals surface area contributed by atoms with Gasteiger partial charge in [0.2, 0.25) is 5.91 Å². The van der Waals surface area contributed by atoms with Crippen LogP contribution in [0.4, 0.5) is 5.69 Å². The Morgan fingerprint density at radius 1 is 1.03 bits per heavy atom. The van der Waals surface area contributed by atoms with Crippen molar-refractivity contribution in [1.82, 2.24) is 5.32 Å². The van der Waals surface area contributed by atoms with Crippen LogP contribution in [0.1, 0.15) is 60.5 Å². The molecule has 7 heteroatoms. The molecular weight excluding hydrogens is 412 g/mol. The molecule has 0 aliphatic heterocycles. The Hall–Kier alpha value is -2.67. The van der Waals surface area contributed by atoms with Gasteiger partial charge in [0.1, 0.15) is 0 Å². The van der Waals surface area contributed by atoms with Gasteiger partial charge in [-0.25, -0.2) is 8.42 Å². The van der Waals surface area contributed by atoms with Crippen LogP contribution in [0.3, 0.4) is 0 Å². The van der Waals surface area contributed by atoms with Gasteiger partial charge in [0, 0.05) is 17.8 Å². The molecule has 1 aliphatic rings. The average molecular weight is 443 g/mol. The number of carbonyl (C=O) groups is 2. The van der Waals surface area contributed by atoms with Gasteiger partial charge in [-0.15, -0.1) is 0 Å². The number of hydrogen-bond acceptors (Lipinski definition) is 4. The van der Waals surface area contributed by atoms with Crippen LogP contribution in [-0.4, -0.2) is 31.5 Å². The zero-order chi connectivity index (χ0) is 22.6. The van der Waals surface area contributed by atoms with E-state index in [2.05, 4.69) is 10.6 Å². The first-order valence-electron chi connectivity index (χ1n) is 10.7. The molecule has 0 heterocycles. The summed E-state index contributed by atoms with van der Waals surface area (Å²) in [6, 6.07) is 11.9. The third-order valence-electron chi connectivity index (χ3n) is 5.89. The zero-order valence-corrected chi connectivity index (χ0v) is 19.1. The van der Waals surface area contributed by atoms with E-state index in [1.165, 1.54) is 0 Å². The van der Waals surface area contributed by atoms with Crippen LogP contribution in [-0.2, 0) is 14.6 Å². The number of amides is 2. The molecule has 0 aromatic heterocycles. The molecule has 0 bridgehead atoms. The summed E-state index contributed by atoms with van der Waals surface area (Å²) < 4.78 is 26.0. The summed E-state index contributed by atoms with van der Waals surface area (Å²) in [4.78, 5) is 25.9. The molecule has 3 rings (SSSR count). The fraction of sp³-hybridized carbons (Fsp3) is 0.417. The van der Waals surface area contributed by atoms with Crippen LogP contribution in [0.15, 0.2) is 47.4 Å². The molecule has 0 unspecified atom stereocenters. The van der Waals surface area contributed by atoms with Crippen molar-refractivity contribution in [3.05, 3.63) is 59.2 Å². The molecule has 1 saturated carbocycles. The van der Waals surface area contributed by atoms with Gasteiger partial charge in [-0.1, -0.05) is 38.0 Å². The molecule has 2 aromatic rings. The number of nitrogens with one attached hydrogen (secondary N) is 2. The Bertz CT molecular complexity index is 1090. The van der Waals surface area contributed by atoms with Gasteiger partial charge in [-0.3, -0.25) is 9.59 Å². The Labute approximate surface area is 184 Å². The number of hydrogen-bond donors (Lipinski definition) is 2. The highest BCUT2D eigenvalue weighted by atomic mass is 32.2. The van der Waals surface area contributed by atoms with Gasteiger partial charge in [0.05, 0.1) is 4.90 Å². The molecule has 2 amide bonds. The smallest absolute Gasteiger partial charge is 0.251 e. The molecule has 0 radical (unpaired) electrons. The summed E-state index contributed by atoms with van der Waals surface area (Å²) >= 11 is 0. The van der Waals surface area contributed by atoms with Gasteiger partial charge in [-0.05, 0) is 68.5 Å². The van der Waals surface area contributed by atoms with Gasteiger partial charge < -0.3 is 10.6 Å². The van der Waals surface area contributed by atoms with Crippen molar-refractivity contribution in [1.29, 1.82) is 0 Å². The highest BCUT2D eigenvalue weighted by Gasteiger charge is 2.53. The first-order chi connectivity index (χ1) is 14.7. The van der Waals surface area contributed by atoms with E-state index in [1.54, 1.807) is 43.3 Å². The van der Waals surface area contributed by atoms with Crippen LogP contribution >= 0.6 is 0 Å². The second-order valence-corrected chi connectivity index (χ2v) is 10.5. The van der Waals surface area contributed by atoms with Crippen LogP contribution in [0, 0.1) is 13.8 Å². The van der Waals surface area contributed by atoms with E-state index in [4.69, 9.17) is 0 Å². The predicted molar refractivity (Wildman–Crippen MR) is 122 cm³/mol. The number of carbonyl (C=O) groups excluding carboxylic acids is 2. The molecule has 1 fully saturated rings. The molecule has 0 saturated heterocycles. The second kappa shape index (κ2) is 9.22. The molecule has 2 aromatic carbocycles. The van der Waals surface area contributed by atoms with Crippen molar-refractivity contribution in [2.45, 2.75) is 62.5 Å². The van der Waals surface area contributed by atoms with E-state index in [0.29, 0.717) is 36.2 Å². The minimum absolute atomic E-state index is 0.220. The third kappa shape index (κ3) is 4.51. The lowest BCUT2D eigenvalue weighted by atomic mass is 10.1. The first kappa shape index (κ1) is 23.0. The summed E-state index contributed by atoms with van der Waals surface area (Å²) in [7, 11) is -3.90. The molecule has 1 aliphatic carbocycles. The number of benzene rings is 2. The van der Waals surface area contributed by atoms with Crippen molar-refractivity contribution >= 4 is 27.3 Å². The van der Waals surface area contributed by atoms with Crippen molar-refractivity contribution in [3.8, 4) is 0 Å². The maximum atomic E-state index is 13.7. The largest absolute Gasteiger partial charge is 0.352 e. The number of rotatable bonds is 7. The lowest BCUT2D eigenvalue weighted by Crippen LogP contribution is -2.47. The summed E-state index contributed by atoms with van der Waals surface area (Å²) in [5, 5.41) is 5.59. The van der Waals surface area contributed by atoms with Gasteiger partial charge in [0.25, 0.3) is 5.91 Å². The predicted octanol–water partition coefficient (Wildman–Crippen LogP) is 4.17. The SMILES string of the molecule is CCCNC(=O)c1cccc(NC(=O)C2(S(=O)(=O)c3cc(C)ccc3C)CCCC2)c1. The second-order valence-electron chi connectivity index (χ2n) is 8.26. The molecule has 166 valence electrons. The minimum Gasteiger partial charge on any atom is -0.352 e. The highest BCUT2D eigenvalue weighted by Crippen LogP contribution is 2.42. The summed E-state index contributed by atoms with van der Waals surface area (Å²) in [6.45, 7) is 6.13. The molecule has 31 heavy (non-hydrogen) atoms. The molecule has 6 nitrogen and oxygen atoms in total. The Balaban J connectivity index is 1.93. The Morgan fingerprint density at radius 2 is 1.74 bits per heavy atom. The molecule has 2 N–H and O–H groups in total. The van der Waals surface area contributed by atoms with Crippen LogP contribution in [0.2, 0.25) is 0 Å². The van der Waals surface area contributed by atoms with Crippen molar-refractivity contribution in [2.75, 3.05) is 11.9 Å². The fourth-order valence-corrected chi connectivity index (χ4v) is 6.47. The number of aryl methyl sites for hydroxylation is 2. The van der Waals surface area contributed by atoms with Crippen molar-refractivity contribution < 1.29 is 18.0 Å². The summed E-state index contributed by atoms with van der Waals surface area (Å²) in [5.41, 5.74) is 2.31. The average Bonchev–Trinajstić information content (AvgIpc) is 3.26. The lowest BCUT2D eigenvalue weighted by molar-refractivity contribution is -0.118. The van der Waals surface area contributed by atoms with Crippen LogP contribution < -0.4 is 10.6 Å². The van der Waals surface area contributed by atoms with Crippen molar-refractivity contribution in [2.24, 2.45) is 0 Å². The van der Waals surface area contributed by atoms with E-state index < -0.39 is 20.5 Å². The zero-order valence-electron chi connectivity index (χ0n) is 18.3. The summed E-state index contributed by atoms with van der Waals surface area (Å²) in [5.74, 6) is -0.756. The van der Waals surface area contributed by atoms with Crippen molar-refractivity contribution in [3.63, 3.8) is 0 Å². The first-order valence-corrected chi connectivity index (χ1v) is 12.2. The van der Waals surface area contributed by atoms with Gasteiger partial charge in [0.15, 0.2) is 14.6 Å². The van der Waals surface area contributed by atoms with E-state index >= 15 is 0 Å². The Kier molecular flexibility index (Phi) is 6.84. The van der Waals surface area contributed by atoms with Gasteiger partial charge >= 0.3 is 0 Å². The standard InChI is InChI=1S/C24H30N2O4S/c1-4-14-25-22(27)19-8-7-9-20(16-19)26-23(28)24(12-5-6-13-24)31(29,30)21-15-17(2)10-11-18(21)3/h7-11,15-16H,4-6,12-14H2,1-3H3,(H,25,27)(H,26,28). The third-order valence-corrected chi connectivity index (χ3v) is 8.53. The molecule has 0 atom stereocenters. The van der Waals surface area contributed by atoms with Gasteiger partial charge in [-0.2, -0.15) is 0 Å². The highest BCUT2D eigenvalue weighted by molar-refractivity contribution is 7.93. The lowest BCUT2D eigenvalue weighted by Gasteiger charge is -2.28. The van der Waals surface area contributed by atoms with Crippen LogP contribution in [0.5, 0.6) is 0 Å². The molecular formula is C24H30N2O4S. The maximum Gasteiger partial charge on any atom is 0.251 e. The van der Waals surface area contributed by atoms with E-state index in [-0.39, 0.29) is 23.6 Å². The van der Waals surface area contributed by atoms with Crippen LogP contribution in [0.25, 0.3) is 0 Å². The monoisotopic (exact) mass is 442 g/mol. The van der Waals surface area contributed by atoms with E-state index in [9.17, 15) is 18.0 Å². The fourth-order valence-electron chi connectivity index (χ4n) is 4.10. The minimum atomic E-state index is -3.90. The topological polar surface area (TPSA) is 92.3 Å². The summed E-state index contributed by atoms with van der Waals surface area (Å²) in [6.07, 6.45) is 2.74. The number of sulfone groups is 1. The molecule has 0 spiro atoms. The van der Waals surface area contributed by atoms with E-state index in [1.807, 2.05) is 19.9 Å².